The number of carbonyl (C=O) groups is 1. The van der Waals surface area contributed by atoms with Crippen LogP contribution in [0.1, 0.15) is 56.8 Å². The molecule has 1 N–H and O–H groups in total. The average molecular weight is 382 g/mol. The summed E-state index contributed by atoms with van der Waals surface area (Å²) in [4.78, 5) is 12.2. The van der Waals surface area contributed by atoms with Crippen LogP contribution in [0.3, 0.4) is 0 Å². The SMILES string of the molecule is CC(NC(=O)Cn1nc(C(F)F)c(Cl)c1C(F)F)C1CC2CCC1C2. The molecule has 1 heterocycles. The van der Waals surface area contributed by atoms with Gasteiger partial charge in [-0.05, 0) is 43.9 Å². The summed E-state index contributed by atoms with van der Waals surface area (Å²) in [5, 5.41) is 5.43. The number of halogens is 5. The standard InChI is InChI=1S/C16H20ClF4N3O/c1-7(10-5-8-2-3-9(10)4-8)22-11(25)6-24-14(16(20)21)12(17)13(23-24)15(18)19/h7-10,15-16H,2-6H2,1H3,(H,22,25). The summed E-state index contributed by atoms with van der Waals surface area (Å²) in [6.07, 6.45) is -1.52. The van der Waals surface area contributed by atoms with Crippen molar-refractivity contribution in [2.45, 2.75) is 58.0 Å². The van der Waals surface area contributed by atoms with Crippen molar-refractivity contribution in [2.24, 2.45) is 17.8 Å². The van der Waals surface area contributed by atoms with Gasteiger partial charge in [0.15, 0.2) is 0 Å². The van der Waals surface area contributed by atoms with Crippen molar-refractivity contribution >= 4 is 17.5 Å². The van der Waals surface area contributed by atoms with Gasteiger partial charge in [-0.3, -0.25) is 9.48 Å². The van der Waals surface area contributed by atoms with E-state index in [0.717, 1.165) is 18.8 Å². The van der Waals surface area contributed by atoms with E-state index in [1.54, 1.807) is 0 Å². The van der Waals surface area contributed by atoms with Gasteiger partial charge in [-0.1, -0.05) is 18.0 Å². The third-order valence-electron chi connectivity index (χ3n) is 5.49. The van der Waals surface area contributed by atoms with Gasteiger partial charge in [0, 0.05) is 6.04 Å². The largest absolute Gasteiger partial charge is 0.352 e. The van der Waals surface area contributed by atoms with E-state index in [-0.39, 0.29) is 6.04 Å². The van der Waals surface area contributed by atoms with Crippen LogP contribution in [0.15, 0.2) is 0 Å². The highest BCUT2D eigenvalue weighted by atomic mass is 35.5. The van der Waals surface area contributed by atoms with Gasteiger partial charge in [0.1, 0.15) is 17.9 Å². The minimum absolute atomic E-state index is 0.0848. The van der Waals surface area contributed by atoms with Gasteiger partial charge in [0.05, 0.1) is 5.02 Å². The Morgan fingerprint density at radius 1 is 1.28 bits per heavy atom. The smallest absolute Gasteiger partial charge is 0.283 e. The Hall–Kier alpha value is -1.31. The molecule has 4 nitrogen and oxygen atoms in total. The first-order chi connectivity index (χ1) is 11.8. The van der Waals surface area contributed by atoms with Crippen LogP contribution >= 0.6 is 11.6 Å². The summed E-state index contributed by atoms with van der Waals surface area (Å²) < 4.78 is 52.4. The van der Waals surface area contributed by atoms with Crippen LogP contribution in [-0.4, -0.2) is 21.7 Å². The Morgan fingerprint density at radius 2 is 2.00 bits per heavy atom. The molecule has 9 heteroatoms. The lowest BCUT2D eigenvalue weighted by Crippen LogP contribution is -2.41. The number of fused-ring (bicyclic) bond motifs is 2. The summed E-state index contributed by atoms with van der Waals surface area (Å²) in [6, 6.07) is -0.0848. The van der Waals surface area contributed by atoms with Crippen LogP contribution in [-0.2, 0) is 11.3 Å². The Morgan fingerprint density at radius 3 is 2.52 bits per heavy atom. The van der Waals surface area contributed by atoms with Crippen molar-refractivity contribution in [3.8, 4) is 0 Å². The van der Waals surface area contributed by atoms with Gasteiger partial charge in [-0.2, -0.15) is 5.10 Å². The third kappa shape index (κ3) is 3.64. The molecule has 0 aliphatic heterocycles. The molecule has 4 atom stereocenters. The lowest BCUT2D eigenvalue weighted by molar-refractivity contribution is -0.123. The Balaban J connectivity index is 1.67. The minimum Gasteiger partial charge on any atom is -0.352 e. The fourth-order valence-electron chi connectivity index (χ4n) is 4.39. The Bertz CT molecular complexity index is 652. The van der Waals surface area contributed by atoms with Crippen LogP contribution in [0.4, 0.5) is 17.6 Å². The topological polar surface area (TPSA) is 46.9 Å². The second kappa shape index (κ2) is 7.13. The minimum atomic E-state index is -3.09. The number of amides is 1. The van der Waals surface area contributed by atoms with Gasteiger partial charge in [-0.15, -0.1) is 0 Å². The number of nitrogens with zero attached hydrogens (tertiary/aromatic N) is 2. The Kier molecular flexibility index (Phi) is 5.27. The van der Waals surface area contributed by atoms with E-state index in [1.165, 1.54) is 12.8 Å². The number of alkyl halides is 4. The molecule has 4 unspecified atom stereocenters. The molecule has 1 amide bonds. The molecule has 1 aromatic heterocycles. The van der Waals surface area contributed by atoms with Crippen LogP contribution in [0.2, 0.25) is 5.02 Å². The molecule has 2 aliphatic rings. The first kappa shape index (κ1) is 18.5. The fraction of sp³-hybridized carbons (Fsp3) is 0.750. The van der Waals surface area contributed by atoms with Gasteiger partial charge >= 0.3 is 0 Å². The second-order valence-corrected chi connectivity index (χ2v) is 7.42. The van der Waals surface area contributed by atoms with Crippen LogP contribution in [0.5, 0.6) is 0 Å². The number of hydrogen-bond acceptors (Lipinski definition) is 2. The van der Waals surface area contributed by atoms with Crippen molar-refractivity contribution < 1.29 is 22.4 Å². The maximum atomic E-state index is 13.1. The first-order valence-electron chi connectivity index (χ1n) is 8.39. The van der Waals surface area contributed by atoms with Gasteiger partial charge < -0.3 is 5.32 Å². The molecule has 0 saturated heterocycles. The quantitative estimate of drug-likeness (QED) is 0.744. The number of rotatable bonds is 6. The molecule has 0 aromatic carbocycles. The van der Waals surface area contributed by atoms with E-state index in [2.05, 4.69) is 10.4 Å². The molecular formula is C16H20ClF4N3O. The molecule has 140 valence electrons. The maximum Gasteiger partial charge on any atom is 0.283 e. The predicted molar refractivity (Wildman–Crippen MR) is 83.7 cm³/mol. The lowest BCUT2D eigenvalue weighted by Gasteiger charge is -2.28. The van der Waals surface area contributed by atoms with Gasteiger partial charge in [0.25, 0.3) is 12.9 Å². The summed E-state index contributed by atoms with van der Waals surface area (Å²) in [5.74, 6) is 1.17. The van der Waals surface area contributed by atoms with E-state index in [1.807, 2.05) is 6.92 Å². The van der Waals surface area contributed by atoms with E-state index in [0.29, 0.717) is 16.5 Å². The van der Waals surface area contributed by atoms with Crippen LogP contribution < -0.4 is 5.32 Å². The van der Waals surface area contributed by atoms with Crippen molar-refractivity contribution in [3.05, 3.63) is 16.4 Å². The first-order valence-corrected chi connectivity index (χ1v) is 8.77. The molecule has 25 heavy (non-hydrogen) atoms. The van der Waals surface area contributed by atoms with Gasteiger partial charge in [-0.25, -0.2) is 17.6 Å². The number of carbonyl (C=O) groups excluding carboxylic acids is 1. The van der Waals surface area contributed by atoms with E-state index in [4.69, 9.17) is 11.6 Å². The molecule has 1 aromatic rings. The van der Waals surface area contributed by atoms with E-state index >= 15 is 0 Å². The monoisotopic (exact) mass is 381 g/mol. The lowest BCUT2D eigenvalue weighted by atomic mass is 9.84. The number of aromatic nitrogens is 2. The summed E-state index contributed by atoms with van der Waals surface area (Å²) in [7, 11) is 0. The summed E-state index contributed by atoms with van der Waals surface area (Å²) >= 11 is 5.58. The number of hydrogen-bond donors (Lipinski definition) is 1. The zero-order valence-corrected chi connectivity index (χ0v) is 14.4. The van der Waals surface area contributed by atoms with E-state index in [9.17, 15) is 22.4 Å². The molecule has 2 aliphatic carbocycles. The average Bonchev–Trinajstić information content (AvgIpc) is 3.20. The predicted octanol–water partition coefficient (Wildman–Crippen LogP) is 4.35. The summed E-state index contributed by atoms with van der Waals surface area (Å²) in [5.41, 5.74) is -1.77. The van der Waals surface area contributed by atoms with Crippen LogP contribution in [0.25, 0.3) is 0 Å². The molecule has 3 rings (SSSR count). The Labute approximate surface area is 147 Å². The van der Waals surface area contributed by atoms with Gasteiger partial charge in [0.2, 0.25) is 5.91 Å². The zero-order chi connectivity index (χ0) is 18.3. The highest BCUT2D eigenvalue weighted by Gasteiger charge is 2.42. The normalized spacial score (nSPS) is 26.6. The highest BCUT2D eigenvalue weighted by molar-refractivity contribution is 6.32. The van der Waals surface area contributed by atoms with Crippen molar-refractivity contribution in [3.63, 3.8) is 0 Å². The third-order valence-corrected chi connectivity index (χ3v) is 5.87. The second-order valence-electron chi connectivity index (χ2n) is 7.04. The molecular weight excluding hydrogens is 362 g/mol. The van der Waals surface area contributed by atoms with Crippen molar-refractivity contribution in [1.82, 2.24) is 15.1 Å². The van der Waals surface area contributed by atoms with E-state index < -0.39 is 41.7 Å². The van der Waals surface area contributed by atoms with Crippen molar-refractivity contribution in [2.75, 3.05) is 0 Å². The van der Waals surface area contributed by atoms with Crippen molar-refractivity contribution in [1.29, 1.82) is 0 Å². The maximum absolute atomic E-state index is 13.1. The fourth-order valence-corrected chi connectivity index (χ4v) is 4.69. The molecule has 0 spiro atoms. The zero-order valence-electron chi connectivity index (χ0n) is 13.7. The molecule has 0 radical (unpaired) electrons. The number of nitrogens with one attached hydrogen (secondary N) is 1. The molecule has 2 saturated carbocycles. The van der Waals surface area contributed by atoms with Crippen LogP contribution in [0, 0.1) is 17.8 Å². The molecule has 2 fully saturated rings. The summed E-state index contributed by atoms with van der Waals surface area (Å²) in [6.45, 7) is 1.34. The molecule has 2 bridgehead atoms. The highest BCUT2D eigenvalue weighted by Crippen LogP contribution is 2.49.